The van der Waals surface area contributed by atoms with Crippen molar-refractivity contribution in [3.8, 4) is 21.7 Å². The molecule has 1 aliphatic rings. The molecule has 5 nitrogen and oxygen atoms in total. The van der Waals surface area contributed by atoms with E-state index in [-0.39, 0.29) is 11.6 Å². The average Bonchev–Trinajstić information content (AvgIpc) is 3.27. The molecule has 132 valence electrons. The van der Waals surface area contributed by atoms with E-state index in [9.17, 15) is 4.79 Å². The van der Waals surface area contributed by atoms with Crippen LogP contribution >= 0.6 is 11.3 Å². The molecule has 1 amide bonds. The van der Waals surface area contributed by atoms with Crippen LogP contribution in [0.1, 0.15) is 10.5 Å². The Labute approximate surface area is 163 Å². The Balaban J connectivity index is 1.37. The summed E-state index contributed by atoms with van der Waals surface area (Å²) < 4.78 is 0. The Hall–Kier alpha value is -3.64. The van der Waals surface area contributed by atoms with Gasteiger partial charge in [0.25, 0.3) is 5.91 Å². The zero-order chi connectivity index (χ0) is 18.7. The predicted molar refractivity (Wildman–Crippen MR) is 112 cm³/mol. The number of hydrogen-bond donors (Lipinski definition) is 1. The summed E-state index contributed by atoms with van der Waals surface area (Å²) in [6, 6.07) is 20.0. The molecule has 0 bridgehead atoms. The highest BCUT2D eigenvalue weighted by atomic mass is 32.1. The number of hydrogen-bond acceptors (Lipinski definition) is 5. The molecule has 1 N–H and O–H groups in total. The van der Waals surface area contributed by atoms with Crippen molar-refractivity contribution in [2.24, 2.45) is 0 Å². The van der Waals surface area contributed by atoms with Crippen molar-refractivity contribution >= 4 is 44.2 Å². The number of nitrogens with zero attached hydrogens (tertiary/aromatic N) is 3. The predicted octanol–water partition coefficient (Wildman–Crippen LogP) is 5.14. The van der Waals surface area contributed by atoms with Gasteiger partial charge in [0.05, 0.1) is 27.8 Å². The normalized spacial score (nSPS) is 11.7. The van der Waals surface area contributed by atoms with Gasteiger partial charge in [-0.25, -0.2) is 9.97 Å². The Morgan fingerprint density at radius 2 is 1.64 bits per heavy atom. The number of aromatic nitrogens is 3. The number of carbonyl (C=O) groups is 1. The van der Waals surface area contributed by atoms with E-state index < -0.39 is 0 Å². The van der Waals surface area contributed by atoms with E-state index in [0.717, 1.165) is 21.7 Å². The van der Waals surface area contributed by atoms with Crippen LogP contribution in [0.2, 0.25) is 0 Å². The lowest BCUT2D eigenvalue weighted by atomic mass is 10.0. The van der Waals surface area contributed by atoms with Crippen LogP contribution in [-0.2, 0) is 0 Å². The molecular formula is C22H12N4OS. The second-order valence-corrected chi connectivity index (χ2v) is 7.60. The van der Waals surface area contributed by atoms with Gasteiger partial charge in [0.2, 0.25) is 0 Å². The van der Waals surface area contributed by atoms with Gasteiger partial charge >= 0.3 is 0 Å². The first-order valence-corrected chi connectivity index (χ1v) is 9.66. The maximum Gasteiger partial charge on any atom is 0.277 e. The summed E-state index contributed by atoms with van der Waals surface area (Å²) in [5, 5.41) is 5.89. The summed E-state index contributed by atoms with van der Waals surface area (Å²) in [5.41, 5.74) is 4.94. The van der Waals surface area contributed by atoms with Crippen molar-refractivity contribution in [3.63, 3.8) is 0 Å². The molecule has 0 unspecified atom stereocenters. The third kappa shape index (κ3) is 2.18. The number of amides is 1. The molecule has 28 heavy (non-hydrogen) atoms. The zero-order valence-corrected chi connectivity index (χ0v) is 15.3. The lowest BCUT2D eigenvalue weighted by molar-refractivity contribution is 0.102. The van der Waals surface area contributed by atoms with Crippen molar-refractivity contribution in [1.82, 2.24) is 15.0 Å². The van der Waals surface area contributed by atoms with Gasteiger partial charge in [-0.05, 0) is 22.9 Å². The molecule has 0 spiro atoms. The van der Waals surface area contributed by atoms with E-state index in [1.807, 2.05) is 30.3 Å². The van der Waals surface area contributed by atoms with Crippen molar-refractivity contribution in [2.45, 2.75) is 0 Å². The number of para-hydroxylation sites is 2. The van der Waals surface area contributed by atoms with Crippen LogP contribution in [0.4, 0.5) is 5.13 Å². The molecule has 0 fully saturated rings. The van der Waals surface area contributed by atoms with E-state index in [0.29, 0.717) is 10.6 Å². The van der Waals surface area contributed by atoms with E-state index in [4.69, 9.17) is 4.98 Å². The molecule has 0 saturated heterocycles. The fraction of sp³-hybridized carbons (Fsp3) is 0. The Morgan fingerprint density at radius 1 is 0.857 bits per heavy atom. The summed E-state index contributed by atoms with van der Waals surface area (Å²) in [6.45, 7) is 0. The summed E-state index contributed by atoms with van der Waals surface area (Å²) in [5.74, 6) is -0.308. The van der Waals surface area contributed by atoms with E-state index >= 15 is 0 Å². The molecular weight excluding hydrogens is 368 g/mol. The maximum absolute atomic E-state index is 12.7. The molecule has 2 aromatic heterocycles. The third-order valence-corrected chi connectivity index (χ3v) is 5.94. The van der Waals surface area contributed by atoms with Crippen LogP contribution in [0.5, 0.6) is 0 Å². The topological polar surface area (TPSA) is 67.8 Å². The number of benzene rings is 3. The van der Waals surface area contributed by atoms with Gasteiger partial charge in [0, 0.05) is 11.1 Å². The monoisotopic (exact) mass is 380 g/mol. The first-order valence-electron chi connectivity index (χ1n) is 8.84. The molecule has 0 atom stereocenters. The molecule has 0 aliphatic heterocycles. The molecule has 6 heteroatoms. The first kappa shape index (κ1) is 15.4. The largest absolute Gasteiger partial charge is 0.296 e. The second-order valence-electron chi connectivity index (χ2n) is 6.60. The van der Waals surface area contributed by atoms with Crippen molar-refractivity contribution in [2.75, 3.05) is 5.32 Å². The highest BCUT2D eigenvalue weighted by Crippen LogP contribution is 2.50. The van der Waals surface area contributed by atoms with Crippen LogP contribution < -0.4 is 5.32 Å². The lowest BCUT2D eigenvalue weighted by Crippen LogP contribution is -2.14. The van der Waals surface area contributed by atoms with Gasteiger partial charge in [-0.15, -0.1) is 0 Å². The molecule has 2 heterocycles. The van der Waals surface area contributed by atoms with Crippen LogP contribution in [0.25, 0.3) is 43.5 Å². The van der Waals surface area contributed by atoms with Gasteiger partial charge in [0.15, 0.2) is 5.13 Å². The van der Waals surface area contributed by atoms with Gasteiger partial charge in [-0.3, -0.25) is 15.1 Å². The fourth-order valence-electron chi connectivity index (χ4n) is 3.69. The molecule has 5 aromatic rings. The van der Waals surface area contributed by atoms with Crippen molar-refractivity contribution in [3.05, 3.63) is 72.6 Å². The van der Waals surface area contributed by atoms with Gasteiger partial charge in [-0.1, -0.05) is 59.9 Å². The van der Waals surface area contributed by atoms with Crippen LogP contribution in [0.3, 0.4) is 0 Å². The van der Waals surface area contributed by atoms with Gasteiger partial charge < -0.3 is 0 Å². The number of anilines is 1. The number of thiazole rings is 1. The Bertz CT molecular complexity index is 1370. The number of nitrogens with one attached hydrogen (secondary N) is 1. The maximum atomic E-state index is 12.7. The van der Waals surface area contributed by atoms with Crippen molar-refractivity contribution in [1.29, 1.82) is 0 Å². The van der Waals surface area contributed by atoms with Crippen molar-refractivity contribution < 1.29 is 4.79 Å². The zero-order valence-electron chi connectivity index (χ0n) is 14.5. The minimum atomic E-state index is -0.308. The standard InChI is InChI=1S/C22H12N4OS/c27-21(17-11-23-15-9-1-2-10-16(15)24-17)26-22-25-19-13-7-3-5-12-6-4-8-14(18(12)13)20(19)28-22/h1-11H,(H,25,26,27). The minimum absolute atomic E-state index is 0.275. The Kier molecular flexibility index (Phi) is 3.13. The minimum Gasteiger partial charge on any atom is -0.296 e. The fourth-order valence-corrected chi connectivity index (χ4v) is 4.70. The van der Waals surface area contributed by atoms with Gasteiger partial charge in [-0.2, -0.15) is 0 Å². The second kappa shape index (κ2) is 5.68. The summed E-state index contributed by atoms with van der Waals surface area (Å²) in [7, 11) is 0. The average molecular weight is 380 g/mol. The number of carbonyl (C=O) groups excluding carboxylic acids is 1. The summed E-state index contributed by atoms with van der Waals surface area (Å²) in [6.07, 6.45) is 1.50. The quantitative estimate of drug-likeness (QED) is 0.452. The van der Waals surface area contributed by atoms with E-state index in [1.165, 1.54) is 33.9 Å². The van der Waals surface area contributed by atoms with Crippen LogP contribution in [-0.4, -0.2) is 20.9 Å². The first-order chi connectivity index (χ1) is 13.8. The van der Waals surface area contributed by atoms with Gasteiger partial charge in [0.1, 0.15) is 5.69 Å². The van der Waals surface area contributed by atoms with Crippen LogP contribution in [0.15, 0.2) is 66.9 Å². The number of fused-ring (bicyclic) bond motifs is 4. The number of rotatable bonds is 2. The Morgan fingerprint density at radius 3 is 2.50 bits per heavy atom. The summed E-state index contributed by atoms with van der Waals surface area (Å²) >= 11 is 1.49. The SMILES string of the molecule is O=C(Nc1nc2c(s1)-c1cccc3cccc-2c13)c1cnc2ccccc2n1. The van der Waals surface area contributed by atoms with E-state index in [2.05, 4.69) is 45.6 Å². The molecule has 6 rings (SSSR count). The highest BCUT2D eigenvalue weighted by molar-refractivity contribution is 7.20. The molecule has 3 aromatic carbocycles. The third-order valence-electron chi connectivity index (χ3n) is 4.93. The smallest absolute Gasteiger partial charge is 0.277 e. The van der Waals surface area contributed by atoms with Crippen LogP contribution in [0, 0.1) is 0 Å². The molecule has 0 saturated carbocycles. The molecule has 0 radical (unpaired) electrons. The molecule has 1 aliphatic carbocycles. The summed E-state index contributed by atoms with van der Waals surface area (Å²) in [4.78, 5) is 27.2. The van der Waals surface area contributed by atoms with E-state index in [1.54, 1.807) is 0 Å². The lowest BCUT2D eigenvalue weighted by Gasteiger charge is -2.04. The highest BCUT2D eigenvalue weighted by Gasteiger charge is 2.26.